The van der Waals surface area contributed by atoms with Crippen LogP contribution in [0.1, 0.15) is 24.1 Å². The number of nitrogens with zero attached hydrogens (tertiary/aromatic N) is 4. The molecule has 5 nitrogen and oxygen atoms in total. The number of halogens is 1. The number of nitrogens with one attached hydrogen (secondary N) is 1. The van der Waals surface area contributed by atoms with E-state index in [4.69, 9.17) is 11.6 Å². The van der Waals surface area contributed by atoms with Gasteiger partial charge in [0.05, 0.1) is 0 Å². The van der Waals surface area contributed by atoms with Crippen LogP contribution >= 0.6 is 11.6 Å². The predicted octanol–water partition coefficient (Wildman–Crippen LogP) is 3.23. The summed E-state index contributed by atoms with van der Waals surface area (Å²) in [6, 6.07) is 10.2. The average molecular weight is 314 g/mol. The summed E-state index contributed by atoms with van der Waals surface area (Å²) in [5.74, 6) is 1.55. The molecular weight excluding hydrogens is 298 g/mol. The van der Waals surface area contributed by atoms with E-state index in [1.807, 2.05) is 25.1 Å². The lowest BCUT2D eigenvalue weighted by atomic mass is 9.96. The first-order valence-corrected chi connectivity index (χ1v) is 7.71. The molecule has 1 saturated carbocycles. The van der Waals surface area contributed by atoms with Gasteiger partial charge in [-0.25, -0.2) is 4.98 Å². The third-order valence-electron chi connectivity index (χ3n) is 4.30. The summed E-state index contributed by atoms with van der Waals surface area (Å²) in [6.45, 7) is 2.83. The molecule has 0 amide bonds. The van der Waals surface area contributed by atoms with Crippen molar-refractivity contribution in [2.24, 2.45) is 0 Å². The molecule has 0 spiro atoms. The van der Waals surface area contributed by atoms with Gasteiger partial charge in [0, 0.05) is 28.7 Å². The Balaban J connectivity index is 1.59. The third kappa shape index (κ3) is 2.31. The number of hydrogen-bond acceptors (Lipinski definition) is 4. The van der Waals surface area contributed by atoms with Crippen LogP contribution in [0.2, 0.25) is 5.02 Å². The van der Waals surface area contributed by atoms with Crippen molar-refractivity contribution in [3.8, 4) is 0 Å². The molecule has 0 unspecified atom stereocenters. The van der Waals surface area contributed by atoms with E-state index in [9.17, 15) is 0 Å². The van der Waals surface area contributed by atoms with E-state index in [0.717, 1.165) is 23.1 Å². The fourth-order valence-corrected chi connectivity index (χ4v) is 2.96. The van der Waals surface area contributed by atoms with E-state index >= 15 is 0 Å². The second-order valence-corrected chi connectivity index (χ2v) is 6.33. The number of benzene rings is 1. The smallest absolute Gasteiger partial charge is 0.254 e. The molecule has 0 saturated heterocycles. The summed E-state index contributed by atoms with van der Waals surface area (Å²) < 4.78 is 1.74. The van der Waals surface area contributed by atoms with E-state index in [2.05, 4.69) is 32.5 Å². The van der Waals surface area contributed by atoms with Gasteiger partial charge in [-0.05, 0) is 37.5 Å². The van der Waals surface area contributed by atoms with Gasteiger partial charge in [0.2, 0.25) is 0 Å². The Bertz CT molecular complexity index is 820. The second-order valence-electron chi connectivity index (χ2n) is 5.90. The fourth-order valence-electron chi connectivity index (χ4n) is 2.84. The van der Waals surface area contributed by atoms with Gasteiger partial charge in [-0.2, -0.15) is 14.6 Å². The molecule has 3 aromatic rings. The Kier molecular flexibility index (Phi) is 3.04. The fraction of sp³-hybridized carbons (Fsp3) is 0.312. The van der Waals surface area contributed by atoms with Gasteiger partial charge < -0.3 is 5.32 Å². The predicted molar refractivity (Wildman–Crippen MR) is 86.4 cm³/mol. The molecule has 2 heterocycles. The molecule has 2 aromatic heterocycles. The van der Waals surface area contributed by atoms with Crippen molar-refractivity contribution in [2.45, 2.75) is 25.2 Å². The molecule has 6 heteroatoms. The maximum absolute atomic E-state index is 5.98. The van der Waals surface area contributed by atoms with Gasteiger partial charge in [0.15, 0.2) is 0 Å². The Hall–Kier alpha value is -2.14. The highest BCUT2D eigenvalue weighted by Crippen LogP contribution is 2.48. The summed E-state index contributed by atoms with van der Waals surface area (Å²) >= 11 is 5.98. The minimum atomic E-state index is 0.203. The van der Waals surface area contributed by atoms with Crippen LogP contribution in [0.5, 0.6) is 0 Å². The third-order valence-corrected chi connectivity index (χ3v) is 4.55. The molecule has 0 bridgehead atoms. The van der Waals surface area contributed by atoms with Gasteiger partial charge >= 0.3 is 0 Å². The lowest BCUT2D eigenvalue weighted by molar-refractivity contribution is 0.725. The summed E-state index contributed by atoms with van der Waals surface area (Å²) in [5, 5.41) is 8.53. The molecule has 1 fully saturated rings. The van der Waals surface area contributed by atoms with E-state index in [1.54, 1.807) is 4.52 Å². The van der Waals surface area contributed by atoms with Gasteiger partial charge in [0.1, 0.15) is 12.1 Å². The van der Waals surface area contributed by atoms with Gasteiger partial charge in [0.25, 0.3) is 5.78 Å². The van der Waals surface area contributed by atoms with Crippen molar-refractivity contribution in [1.29, 1.82) is 0 Å². The minimum absolute atomic E-state index is 0.203. The van der Waals surface area contributed by atoms with Crippen molar-refractivity contribution in [3.63, 3.8) is 0 Å². The highest BCUT2D eigenvalue weighted by molar-refractivity contribution is 6.30. The molecule has 0 atom stereocenters. The van der Waals surface area contributed by atoms with Crippen LogP contribution < -0.4 is 5.32 Å². The van der Waals surface area contributed by atoms with Crippen molar-refractivity contribution in [2.75, 3.05) is 11.9 Å². The van der Waals surface area contributed by atoms with Gasteiger partial charge in [-0.3, -0.25) is 0 Å². The summed E-state index contributed by atoms with van der Waals surface area (Å²) in [4.78, 5) is 8.51. The van der Waals surface area contributed by atoms with Crippen molar-refractivity contribution in [1.82, 2.24) is 19.6 Å². The van der Waals surface area contributed by atoms with Crippen LogP contribution in [0.15, 0.2) is 36.7 Å². The van der Waals surface area contributed by atoms with Crippen LogP contribution in [-0.2, 0) is 5.41 Å². The number of hydrogen-bond donors (Lipinski definition) is 1. The molecule has 1 N–H and O–H groups in total. The first kappa shape index (κ1) is 13.5. The molecule has 1 aliphatic carbocycles. The van der Waals surface area contributed by atoms with Crippen LogP contribution in [0.4, 0.5) is 5.82 Å². The van der Waals surface area contributed by atoms with E-state index in [-0.39, 0.29) is 5.41 Å². The number of fused-ring (bicyclic) bond motifs is 1. The summed E-state index contributed by atoms with van der Waals surface area (Å²) in [7, 11) is 0. The molecule has 4 rings (SSSR count). The van der Waals surface area contributed by atoms with Crippen molar-refractivity contribution < 1.29 is 0 Å². The normalized spacial score (nSPS) is 15.9. The Morgan fingerprint density at radius 2 is 2.05 bits per heavy atom. The topological polar surface area (TPSA) is 55.1 Å². The monoisotopic (exact) mass is 313 g/mol. The molecule has 1 aliphatic rings. The number of aromatic nitrogens is 4. The van der Waals surface area contributed by atoms with E-state index < -0.39 is 0 Å². The zero-order chi connectivity index (χ0) is 15.2. The van der Waals surface area contributed by atoms with Crippen LogP contribution in [0.3, 0.4) is 0 Å². The Morgan fingerprint density at radius 1 is 1.27 bits per heavy atom. The Morgan fingerprint density at radius 3 is 2.77 bits per heavy atom. The minimum Gasteiger partial charge on any atom is -0.369 e. The van der Waals surface area contributed by atoms with Crippen LogP contribution in [0.25, 0.3) is 5.78 Å². The Labute approximate surface area is 133 Å². The zero-order valence-electron chi connectivity index (χ0n) is 12.3. The average Bonchev–Trinajstić information content (AvgIpc) is 3.15. The maximum atomic E-state index is 5.98. The largest absolute Gasteiger partial charge is 0.369 e. The molecular formula is C16H16ClN5. The number of rotatable bonds is 4. The molecule has 112 valence electrons. The molecule has 0 radical (unpaired) electrons. The first-order chi connectivity index (χ1) is 10.7. The quantitative estimate of drug-likeness (QED) is 0.803. The van der Waals surface area contributed by atoms with Gasteiger partial charge in [-0.15, -0.1) is 0 Å². The first-order valence-electron chi connectivity index (χ1n) is 7.34. The number of aryl methyl sites for hydroxylation is 1. The zero-order valence-corrected chi connectivity index (χ0v) is 13.0. The van der Waals surface area contributed by atoms with Crippen LogP contribution in [-0.4, -0.2) is 26.1 Å². The standard InChI is InChI=1S/C16H16ClN5/c1-11-8-14(22-15(21-11)19-10-20-22)18-9-16(6-7-16)12-2-4-13(17)5-3-12/h2-5,8,10,18H,6-7,9H2,1H3. The summed E-state index contributed by atoms with van der Waals surface area (Å²) in [5.41, 5.74) is 2.47. The van der Waals surface area contributed by atoms with E-state index in [1.165, 1.54) is 24.7 Å². The SMILES string of the molecule is Cc1cc(NCC2(c3ccc(Cl)cc3)CC2)n2ncnc2n1. The lowest BCUT2D eigenvalue weighted by Crippen LogP contribution is -2.21. The van der Waals surface area contributed by atoms with Gasteiger partial charge in [-0.1, -0.05) is 23.7 Å². The highest BCUT2D eigenvalue weighted by atomic mass is 35.5. The molecule has 1 aromatic carbocycles. The van der Waals surface area contributed by atoms with Crippen LogP contribution in [0, 0.1) is 6.92 Å². The maximum Gasteiger partial charge on any atom is 0.254 e. The van der Waals surface area contributed by atoms with Crippen molar-refractivity contribution >= 4 is 23.2 Å². The van der Waals surface area contributed by atoms with Crippen molar-refractivity contribution in [3.05, 3.63) is 52.9 Å². The number of anilines is 1. The van der Waals surface area contributed by atoms with E-state index in [0.29, 0.717) is 5.78 Å². The molecule has 0 aliphatic heterocycles. The second kappa shape index (κ2) is 4.95. The highest BCUT2D eigenvalue weighted by Gasteiger charge is 2.44. The molecule has 22 heavy (non-hydrogen) atoms. The lowest BCUT2D eigenvalue weighted by Gasteiger charge is -2.18. The summed E-state index contributed by atoms with van der Waals surface area (Å²) in [6.07, 6.45) is 3.90.